The first-order chi connectivity index (χ1) is 9.74. The van der Waals surface area contributed by atoms with E-state index in [1.807, 2.05) is 24.3 Å². The van der Waals surface area contributed by atoms with Crippen LogP contribution in [0.1, 0.15) is 10.4 Å². The summed E-state index contributed by atoms with van der Waals surface area (Å²) >= 11 is 0. The summed E-state index contributed by atoms with van der Waals surface area (Å²) in [7, 11) is 0. The molecule has 5 nitrogen and oxygen atoms in total. The van der Waals surface area contributed by atoms with Crippen molar-refractivity contribution < 1.29 is 14.6 Å². The molecule has 1 fully saturated rings. The molecular formula is C15H16N2O3. The first kappa shape index (κ1) is 12.9. The highest BCUT2D eigenvalue weighted by Crippen LogP contribution is 2.24. The summed E-state index contributed by atoms with van der Waals surface area (Å²) in [5, 5.41) is 13.6. The monoisotopic (exact) mass is 272 g/mol. The molecule has 1 aliphatic heterocycles. The second-order valence-corrected chi connectivity index (χ2v) is 4.76. The Kier molecular flexibility index (Phi) is 3.54. The molecule has 0 bridgehead atoms. The van der Waals surface area contributed by atoms with E-state index in [4.69, 9.17) is 4.74 Å². The summed E-state index contributed by atoms with van der Waals surface area (Å²) in [4.78, 5) is 12.2. The van der Waals surface area contributed by atoms with Crippen LogP contribution in [0.25, 0.3) is 10.8 Å². The molecule has 104 valence electrons. The standard InChI is InChI=1S/C15H16N2O3/c18-14-10-12-4-2-1-3-11(12)9-13(14)15(19)16-17-5-7-20-8-6-17/h1-4,9-10,18H,5-8H2,(H,16,19). The Morgan fingerprint density at radius 2 is 1.80 bits per heavy atom. The second kappa shape index (κ2) is 5.48. The number of phenolic OH excluding ortho intramolecular Hbond substituents is 1. The van der Waals surface area contributed by atoms with Crippen LogP contribution in [0.3, 0.4) is 0 Å². The number of hydrogen-bond acceptors (Lipinski definition) is 4. The van der Waals surface area contributed by atoms with Crippen molar-refractivity contribution in [3.05, 3.63) is 42.0 Å². The lowest BCUT2D eigenvalue weighted by Gasteiger charge is -2.27. The van der Waals surface area contributed by atoms with Crippen molar-refractivity contribution in [1.29, 1.82) is 0 Å². The van der Waals surface area contributed by atoms with Gasteiger partial charge in [0, 0.05) is 13.1 Å². The van der Waals surface area contributed by atoms with Crippen molar-refractivity contribution in [1.82, 2.24) is 10.4 Å². The van der Waals surface area contributed by atoms with E-state index < -0.39 is 0 Å². The highest BCUT2D eigenvalue weighted by Gasteiger charge is 2.17. The Morgan fingerprint density at radius 3 is 2.50 bits per heavy atom. The number of amides is 1. The van der Waals surface area contributed by atoms with Gasteiger partial charge in [0.2, 0.25) is 0 Å². The van der Waals surface area contributed by atoms with Gasteiger partial charge in [0.15, 0.2) is 0 Å². The highest BCUT2D eigenvalue weighted by atomic mass is 16.5. The van der Waals surface area contributed by atoms with Crippen molar-refractivity contribution in [2.75, 3.05) is 26.3 Å². The predicted octanol–water partition coefficient (Wildman–Crippen LogP) is 1.52. The molecule has 0 spiro atoms. The van der Waals surface area contributed by atoms with E-state index >= 15 is 0 Å². The molecule has 1 saturated heterocycles. The summed E-state index contributed by atoms with van der Waals surface area (Å²) in [6.07, 6.45) is 0. The van der Waals surface area contributed by atoms with Gasteiger partial charge in [0.1, 0.15) is 5.75 Å². The zero-order chi connectivity index (χ0) is 13.9. The normalized spacial score (nSPS) is 16.2. The Hall–Kier alpha value is -2.11. The van der Waals surface area contributed by atoms with Crippen LogP contribution in [0.4, 0.5) is 0 Å². The van der Waals surface area contributed by atoms with Crippen molar-refractivity contribution in [3.63, 3.8) is 0 Å². The van der Waals surface area contributed by atoms with E-state index in [1.54, 1.807) is 17.1 Å². The van der Waals surface area contributed by atoms with Gasteiger partial charge in [0.05, 0.1) is 18.8 Å². The molecule has 3 rings (SSSR count). The summed E-state index contributed by atoms with van der Waals surface area (Å²) in [6, 6.07) is 10.9. The summed E-state index contributed by atoms with van der Waals surface area (Å²) in [6.45, 7) is 2.51. The number of fused-ring (bicyclic) bond motifs is 1. The number of carbonyl (C=O) groups is 1. The van der Waals surface area contributed by atoms with Crippen molar-refractivity contribution >= 4 is 16.7 Å². The average Bonchev–Trinajstić information content (AvgIpc) is 2.47. The predicted molar refractivity (Wildman–Crippen MR) is 75.5 cm³/mol. The van der Waals surface area contributed by atoms with E-state index in [9.17, 15) is 9.90 Å². The summed E-state index contributed by atoms with van der Waals surface area (Å²) in [5.74, 6) is -0.301. The Balaban J connectivity index is 1.84. The molecule has 1 aliphatic rings. The number of aromatic hydroxyl groups is 1. The van der Waals surface area contributed by atoms with Crippen LogP contribution in [0.15, 0.2) is 36.4 Å². The number of nitrogens with one attached hydrogen (secondary N) is 1. The maximum Gasteiger partial charge on any atom is 0.269 e. The first-order valence-corrected chi connectivity index (χ1v) is 6.59. The van der Waals surface area contributed by atoms with Crippen molar-refractivity contribution in [2.45, 2.75) is 0 Å². The van der Waals surface area contributed by atoms with Gasteiger partial charge in [-0.2, -0.15) is 0 Å². The molecule has 0 radical (unpaired) electrons. The fraction of sp³-hybridized carbons (Fsp3) is 0.267. The van der Waals surface area contributed by atoms with E-state index in [2.05, 4.69) is 5.43 Å². The fourth-order valence-electron chi connectivity index (χ4n) is 2.29. The average molecular weight is 272 g/mol. The van der Waals surface area contributed by atoms with Crippen LogP contribution in [0, 0.1) is 0 Å². The topological polar surface area (TPSA) is 61.8 Å². The number of hydrogen-bond donors (Lipinski definition) is 2. The van der Waals surface area contributed by atoms with Crippen LogP contribution < -0.4 is 5.43 Å². The van der Waals surface area contributed by atoms with Gasteiger partial charge in [0.25, 0.3) is 5.91 Å². The number of ether oxygens (including phenoxy) is 1. The number of carbonyl (C=O) groups excluding carboxylic acids is 1. The zero-order valence-electron chi connectivity index (χ0n) is 11.0. The Morgan fingerprint density at radius 1 is 1.15 bits per heavy atom. The van der Waals surface area contributed by atoms with Crippen LogP contribution >= 0.6 is 0 Å². The minimum absolute atomic E-state index is 0.00513. The van der Waals surface area contributed by atoms with Gasteiger partial charge < -0.3 is 9.84 Å². The Bertz CT molecular complexity index is 636. The van der Waals surface area contributed by atoms with E-state index in [1.165, 1.54) is 0 Å². The molecule has 1 heterocycles. The quantitative estimate of drug-likeness (QED) is 0.870. The van der Waals surface area contributed by atoms with E-state index in [-0.39, 0.29) is 17.2 Å². The molecule has 2 N–H and O–H groups in total. The van der Waals surface area contributed by atoms with Crippen LogP contribution in [0.5, 0.6) is 5.75 Å². The van der Waals surface area contributed by atoms with Gasteiger partial charge in [-0.05, 0) is 22.9 Å². The number of phenols is 1. The van der Waals surface area contributed by atoms with Gasteiger partial charge in [-0.1, -0.05) is 24.3 Å². The molecule has 5 heteroatoms. The molecule has 0 aliphatic carbocycles. The maximum atomic E-state index is 12.2. The SMILES string of the molecule is O=C(NN1CCOCC1)c1cc2ccccc2cc1O. The number of hydrazine groups is 1. The van der Waals surface area contributed by atoms with E-state index in [0.717, 1.165) is 10.8 Å². The smallest absolute Gasteiger partial charge is 0.269 e. The third-order valence-corrected chi connectivity index (χ3v) is 3.38. The van der Waals surface area contributed by atoms with Crippen molar-refractivity contribution in [2.24, 2.45) is 0 Å². The molecular weight excluding hydrogens is 256 g/mol. The number of rotatable bonds is 2. The second-order valence-electron chi connectivity index (χ2n) is 4.76. The molecule has 2 aromatic carbocycles. The lowest BCUT2D eigenvalue weighted by Crippen LogP contribution is -2.48. The first-order valence-electron chi connectivity index (χ1n) is 6.59. The fourth-order valence-corrected chi connectivity index (χ4v) is 2.29. The van der Waals surface area contributed by atoms with Crippen LogP contribution in [-0.2, 0) is 4.74 Å². The third-order valence-electron chi connectivity index (χ3n) is 3.38. The molecule has 0 saturated carbocycles. The highest BCUT2D eigenvalue weighted by molar-refractivity contribution is 6.01. The minimum atomic E-state index is -0.296. The summed E-state index contributed by atoms with van der Waals surface area (Å²) in [5.41, 5.74) is 3.08. The van der Waals surface area contributed by atoms with E-state index in [0.29, 0.717) is 26.3 Å². The van der Waals surface area contributed by atoms with Crippen LogP contribution in [0.2, 0.25) is 0 Å². The van der Waals surface area contributed by atoms with Gasteiger partial charge >= 0.3 is 0 Å². The van der Waals surface area contributed by atoms with Gasteiger partial charge in [-0.25, -0.2) is 5.01 Å². The lowest BCUT2D eigenvalue weighted by molar-refractivity contribution is 0.0125. The lowest BCUT2D eigenvalue weighted by atomic mass is 10.1. The Labute approximate surface area is 116 Å². The third kappa shape index (κ3) is 2.59. The molecule has 0 aromatic heterocycles. The van der Waals surface area contributed by atoms with Gasteiger partial charge in [-0.15, -0.1) is 0 Å². The molecule has 2 aromatic rings. The molecule has 20 heavy (non-hydrogen) atoms. The van der Waals surface area contributed by atoms with Crippen molar-refractivity contribution in [3.8, 4) is 5.75 Å². The molecule has 0 unspecified atom stereocenters. The maximum absolute atomic E-state index is 12.2. The summed E-state index contributed by atoms with van der Waals surface area (Å²) < 4.78 is 5.23. The number of nitrogens with zero attached hydrogens (tertiary/aromatic N) is 1. The molecule has 1 amide bonds. The van der Waals surface area contributed by atoms with Gasteiger partial charge in [-0.3, -0.25) is 10.2 Å². The van der Waals surface area contributed by atoms with Crippen LogP contribution in [-0.4, -0.2) is 42.3 Å². The number of benzene rings is 2. The number of morpholine rings is 1. The largest absolute Gasteiger partial charge is 0.507 e. The minimum Gasteiger partial charge on any atom is -0.507 e. The molecule has 0 atom stereocenters. The zero-order valence-corrected chi connectivity index (χ0v) is 11.0.